The second kappa shape index (κ2) is 6.27. The van der Waals surface area contributed by atoms with Gasteiger partial charge in [-0.15, -0.1) is 0 Å². The number of nitrogen functional groups attached to an aromatic ring is 1. The molecule has 1 aliphatic heterocycles. The van der Waals surface area contributed by atoms with E-state index < -0.39 is 0 Å². The van der Waals surface area contributed by atoms with Gasteiger partial charge in [0.1, 0.15) is 5.84 Å². The summed E-state index contributed by atoms with van der Waals surface area (Å²) < 4.78 is 0. The Morgan fingerprint density at radius 2 is 2.00 bits per heavy atom. The minimum Gasteiger partial charge on any atom is -0.384 e. The van der Waals surface area contributed by atoms with Crippen LogP contribution in [0.3, 0.4) is 0 Å². The van der Waals surface area contributed by atoms with Crippen LogP contribution < -0.4 is 10.6 Å². The standard InChI is InChI=1S/C17H26ClN3/c1-17(2,3)12-6-5-10-21(11-9-12)14-8-4-7-13(18)15(14)16(19)20/h4,7-8,12H,5-6,9-11H2,1-3H3,(H3,19,20). The normalized spacial score (nSPS) is 20.2. The van der Waals surface area contributed by atoms with Crippen LogP contribution in [0.5, 0.6) is 0 Å². The zero-order valence-electron chi connectivity index (χ0n) is 13.2. The lowest BCUT2D eigenvalue weighted by molar-refractivity contribution is 0.220. The molecule has 0 amide bonds. The molecule has 1 fully saturated rings. The molecular weight excluding hydrogens is 282 g/mol. The molecule has 4 heteroatoms. The van der Waals surface area contributed by atoms with Crippen LogP contribution in [0.4, 0.5) is 5.69 Å². The van der Waals surface area contributed by atoms with Crippen molar-refractivity contribution in [3.8, 4) is 0 Å². The number of nitrogens with two attached hydrogens (primary N) is 1. The highest BCUT2D eigenvalue weighted by Gasteiger charge is 2.28. The van der Waals surface area contributed by atoms with E-state index in [1.807, 2.05) is 12.1 Å². The molecule has 0 spiro atoms. The van der Waals surface area contributed by atoms with Gasteiger partial charge in [-0.25, -0.2) is 0 Å². The van der Waals surface area contributed by atoms with Gasteiger partial charge < -0.3 is 10.6 Å². The predicted octanol–water partition coefficient (Wildman–Crippen LogP) is 4.28. The number of nitrogens with one attached hydrogen (secondary N) is 1. The molecule has 0 radical (unpaired) electrons. The molecule has 3 nitrogen and oxygen atoms in total. The molecule has 3 N–H and O–H groups in total. The number of hydrogen-bond acceptors (Lipinski definition) is 2. The number of benzene rings is 1. The maximum absolute atomic E-state index is 7.80. The molecule has 1 unspecified atom stereocenters. The molecular formula is C17H26ClN3. The fraction of sp³-hybridized carbons (Fsp3) is 0.588. The van der Waals surface area contributed by atoms with E-state index in [-0.39, 0.29) is 5.84 Å². The number of halogens is 1. The van der Waals surface area contributed by atoms with Crippen LogP contribution in [0.25, 0.3) is 0 Å². The Labute approximate surface area is 133 Å². The highest BCUT2D eigenvalue weighted by Crippen LogP contribution is 2.36. The highest BCUT2D eigenvalue weighted by molar-refractivity contribution is 6.34. The lowest BCUT2D eigenvalue weighted by atomic mass is 9.77. The van der Waals surface area contributed by atoms with Crippen LogP contribution in [0, 0.1) is 16.7 Å². The highest BCUT2D eigenvalue weighted by atomic mass is 35.5. The summed E-state index contributed by atoms with van der Waals surface area (Å²) in [4.78, 5) is 2.34. The van der Waals surface area contributed by atoms with Crippen molar-refractivity contribution in [2.75, 3.05) is 18.0 Å². The molecule has 1 heterocycles. The van der Waals surface area contributed by atoms with Crippen LogP contribution in [-0.2, 0) is 0 Å². The van der Waals surface area contributed by atoms with Gasteiger partial charge in [0, 0.05) is 18.8 Å². The molecule has 0 saturated carbocycles. The Kier molecular flexibility index (Phi) is 4.82. The molecule has 1 aromatic carbocycles. The van der Waals surface area contributed by atoms with Crippen LogP contribution in [0.15, 0.2) is 18.2 Å². The lowest BCUT2D eigenvalue weighted by Crippen LogP contribution is -2.28. The lowest BCUT2D eigenvalue weighted by Gasteiger charge is -2.30. The third-order valence-electron chi connectivity index (χ3n) is 4.55. The second-order valence-corrected chi connectivity index (χ2v) is 7.44. The van der Waals surface area contributed by atoms with E-state index in [0.29, 0.717) is 16.0 Å². The van der Waals surface area contributed by atoms with Crippen LogP contribution in [-0.4, -0.2) is 18.9 Å². The van der Waals surface area contributed by atoms with Crippen LogP contribution in [0.2, 0.25) is 5.02 Å². The first-order valence-electron chi connectivity index (χ1n) is 7.68. The number of rotatable bonds is 2. The van der Waals surface area contributed by atoms with Gasteiger partial charge in [-0.1, -0.05) is 38.4 Å². The van der Waals surface area contributed by atoms with Crippen LogP contribution in [0.1, 0.15) is 45.6 Å². The second-order valence-electron chi connectivity index (χ2n) is 7.03. The van der Waals surface area contributed by atoms with Gasteiger partial charge in [-0.3, -0.25) is 5.41 Å². The topological polar surface area (TPSA) is 53.1 Å². The molecule has 21 heavy (non-hydrogen) atoms. The largest absolute Gasteiger partial charge is 0.384 e. The molecule has 0 bridgehead atoms. The predicted molar refractivity (Wildman–Crippen MR) is 91.5 cm³/mol. The Bertz CT molecular complexity index is 519. The number of anilines is 1. The zero-order chi connectivity index (χ0) is 15.6. The molecule has 116 valence electrons. The van der Waals surface area contributed by atoms with Gasteiger partial charge in [0.05, 0.1) is 10.6 Å². The molecule has 1 saturated heterocycles. The van der Waals surface area contributed by atoms with Crippen molar-refractivity contribution in [3.05, 3.63) is 28.8 Å². The minimum absolute atomic E-state index is 0.0484. The maximum Gasteiger partial charge on any atom is 0.126 e. The van der Waals surface area contributed by atoms with Crippen molar-refractivity contribution < 1.29 is 0 Å². The Balaban J connectivity index is 2.24. The summed E-state index contributed by atoms with van der Waals surface area (Å²) in [5.74, 6) is 0.787. The fourth-order valence-corrected chi connectivity index (χ4v) is 3.52. The number of amidine groups is 1. The van der Waals surface area contributed by atoms with Crippen molar-refractivity contribution in [1.82, 2.24) is 0 Å². The number of hydrogen-bond donors (Lipinski definition) is 2. The van der Waals surface area contributed by atoms with Crippen LogP contribution >= 0.6 is 11.6 Å². The van der Waals surface area contributed by atoms with Gasteiger partial charge in [-0.2, -0.15) is 0 Å². The van der Waals surface area contributed by atoms with Crippen molar-refractivity contribution in [2.45, 2.75) is 40.0 Å². The zero-order valence-corrected chi connectivity index (χ0v) is 14.0. The van der Waals surface area contributed by atoms with Gasteiger partial charge in [0.25, 0.3) is 0 Å². The third-order valence-corrected chi connectivity index (χ3v) is 4.87. The Hall–Kier alpha value is -1.22. The third kappa shape index (κ3) is 3.70. The minimum atomic E-state index is 0.0484. The van der Waals surface area contributed by atoms with E-state index >= 15 is 0 Å². The van der Waals surface area contributed by atoms with Gasteiger partial charge in [-0.05, 0) is 42.7 Å². The van der Waals surface area contributed by atoms with E-state index in [9.17, 15) is 0 Å². The summed E-state index contributed by atoms with van der Waals surface area (Å²) >= 11 is 6.24. The molecule has 1 aromatic rings. The van der Waals surface area contributed by atoms with E-state index in [1.165, 1.54) is 19.3 Å². The average molecular weight is 308 g/mol. The first-order chi connectivity index (χ1) is 9.80. The van der Waals surface area contributed by atoms with Gasteiger partial charge in [0.2, 0.25) is 0 Å². The SMILES string of the molecule is CC(C)(C)C1CCCN(c2cccc(Cl)c2C(=N)N)CC1. The fourth-order valence-electron chi connectivity index (χ4n) is 3.25. The monoisotopic (exact) mass is 307 g/mol. The van der Waals surface area contributed by atoms with E-state index in [2.05, 4.69) is 25.7 Å². The summed E-state index contributed by atoms with van der Waals surface area (Å²) in [5.41, 5.74) is 7.76. The molecule has 2 rings (SSSR count). The summed E-state index contributed by atoms with van der Waals surface area (Å²) in [6.45, 7) is 8.99. The van der Waals surface area contributed by atoms with E-state index in [0.717, 1.165) is 24.7 Å². The van der Waals surface area contributed by atoms with Gasteiger partial charge >= 0.3 is 0 Å². The Morgan fingerprint density at radius 1 is 1.29 bits per heavy atom. The van der Waals surface area contributed by atoms with Crippen molar-refractivity contribution in [2.24, 2.45) is 17.1 Å². The molecule has 0 aliphatic carbocycles. The smallest absolute Gasteiger partial charge is 0.126 e. The van der Waals surface area contributed by atoms with Crippen molar-refractivity contribution in [1.29, 1.82) is 5.41 Å². The summed E-state index contributed by atoms with van der Waals surface area (Å²) in [6.07, 6.45) is 3.61. The van der Waals surface area contributed by atoms with Crippen molar-refractivity contribution in [3.63, 3.8) is 0 Å². The summed E-state index contributed by atoms with van der Waals surface area (Å²) in [6, 6.07) is 5.77. The summed E-state index contributed by atoms with van der Waals surface area (Å²) in [7, 11) is 0. The maximum atomic E-state index is 7.80. The molecule has 1 aliphatic rings. The first-order valence-corrected chi connectivity index (χ1v) is 8.06. The summed E-state index contributed by atoms with van der Waals surface area (Å²) in [5, 5.41) is 8.36. The number of nitrogens with zero attached hydrogens (tertiary/aromatic N) is 1. The quantitative estimate of drug-likeness (QED) is 0.633. The van der Waals surface area contributed by atoms with Crippen molar-refractivity contribution >= 4 is 23.1 Å². The molecule has 1 atom stereocenters. The van der Waals surface area contributed by atoms with E-state index in [4.69, 9.17) is 22.7 Å². The first kappa shape index (κ1) is 16.2. The molecule has 0 aromatic heterocycles. The van der Waals surface area contributed by atoms with Gasteiger partial charge in [0.15, 0.2) is 0 Å². The average Bonchev–Trinajstić information content (AvgIpc) is 2.63. The van der Waals surface area contributed by atoms with E-state index in [1.54, 1.807) is 6.07 Å². The Morgan fingerprint density at radius 3 is 2.62 bits per heavy atom.